The van der Waals surface area contributed by atoms with Crippen molar-refractivity contribution in [3.05, 3.63) is 50.9 Å². The number of aromatic nitrogens is 6. The zero-order valence-corrected chi connectivity index (χ0v) is 16.5. The lowest BCUT2D eigenvalue weighted by molar-refractivity contribution is 0.101. The fourth-order valence-electron chi connectivity index (χ4n) is 2.42. The molecule has 0 radical (unpaired) electrons. The summed E-state index contributed by atoms with van der Waals surface area (Å²) in [6.07, 6.45) is 1.84. The first-order valence-electron chi connectivity index (χ1n) is 8.12. The fourth-order valence-corrected chi connectivity index (χ4v) is 4.14. The normalized spacial score (nSPS) is 13.6. The molecule has 0 saturated heterocycles. The van der Waals surface area contributed by atoms with Crippen LogP contribution in [0.4, 0.5) is 10.9 Å². The van der Waals surface area contributed by atoms with Crippen molar-refractivity contribution in [2.45, 2.75) is 32.9 Å². The minimum atomic E-state index is -1.28. The Bertz CT molecular complexity index is 1060. The Balaban J connectivity index is 1.46. The summed E-state index contributed by atoms with van der Waals surface area (Å²) >= 11 is 2.66. The third-order valence-electron chi connectivity index (χ3n) is 3.75. The summed E-state index contributed by atoms with van der Waals surface area (Å²) in [6, 6.07) is 3.70. The van der Waals surface area contributed by atoms with Gasteiger partial charge in [-0.15, -0.1) is 21.5 Å². The van der Waals surface area contributed by atoms with Gasteiger partial charge in [0.2, 0.25) is 5.13 Å². The molecule has 0 aliphatic heterocycles. The number of hydrogen-bond donors (Lipinski definition) is 2. The van der Waals surface area contributed by atoms with E-state index < -0.39 is 5.60 Å². The molecule has 9 nitrogen and oxygen atoms in total. The van der Waals surface area contributed by atoms with Crippen molar-refractivity contribution in [3.8, 4) is 0 Å². The quantitative estimate of drug-likeness (QED) is 0.505. The lowest BCUT2D eigenvalue weighted by Gasteiger charge is -2.16. The van der Waals surface area contributed by atoms with E-state index in [4.69, 9.17) is 4.52 Å². The summed E-state index contributed by atoms with van der Waals surface area (Å²) in [6.45, 7) is 5.92. The Hall–Kier alpha value is -2.63. The maximum Gasteiger partial charge on any atom is 0.211 e. The molecule has 27 heavy (non-hydrogen) atoms. The number of hydrogen-bond acceptors (Lipinski definition) is 10. The van der Waals surface area contributed by atoms with E-state index in [1.807, 2.05) is 37.6 Å². The first-order chi connectivity index (χ1) is 12.9. The zero-order chi connectivity index (χ0) is 19.0. The second-order valence-electron chi connectivity index (χ2n) is 6.23. The van der Waals surface area contributed by atoms with Crippen molar-refractivity contribution in [1.82, 2.24) is 30.1 Å². The van der Waals surface area contributed by atoms with Gasteiger partial charge in [-0.25, -0.2) is 4.98 Å². The molecule has 11 heteroatoms. The number of aryl methyl sites for hydroxylation is 2. The predicted octanol–water partition coefficient (Wildman–Crippen LogP) is 2.84. The monoisotopic (exact) mass is 403 g/mol. The molecule has 0 bridgehead atoms. The van der Waals surface area contributed by atoms with Crippen LogP contribution in [0, 0.1) is 13.8 Å². The van der Waals surface area contributed by atoms with Gasteiger partial charge in [-0.2, -0.15) is 5.10 Å². The van der Waals surface area contributed by atoms with Gasteiger partial charge in [-0.3, -0.25) is 4.68 Å². The van der Waals surface area contributed by atoms with Crippen molar-refractivity contribution in [1.29, 1.82) is 0 Å². The summed E-state index contributed by atoms with van der Waals surface area (Å²) in [4.78, 5) is 4.35. The van der Waals surface area contributed by atoms with Gasteiger partial charge in [-0.1, -0.05) is 16.5 Å². The molecular weight excluding hydrogens is 386 g/mol. The van der Waals surface area contributed by atoms with Crippen LogP contribution in [0.25, 0.3) is 0 Å². The predicted molar refractivity (Wildman–Crippen MR) is 101 cm³/mol. The average molecular weight is 403 g/mol. The molecule has 0 fully saturated rings. The smallest absolute Gasteiger partial charge is 0.211 e. The maximum atomic E-state index is 10.8. The van der Waals surface area contributed by atoms with Crippen LogP contribution in [-0.4, -0.2) is 35.2 Å². The van der Waals surface area contributed by atoms with E-state index in [1.165, 1.54) is 22.7 Å². The van der Waals surface area contributed by atoms with Crippen molar-refractivity contribution >= 4 is 33.6 Å². The van der Waals surface area contributed by atoms with Gasteiger partial charge in [-0.05, 0) is 20.8 Å². The van der Waals surface area contributed by atoms with E-state index in [2.05, 4.69) is 30.8 Å². The van der Waals surface area contributed by atoms with Gasteiger partial charge in [0.25, 0.3) is 0 Å². The number of aliphatic hydroxyl groups is 1. The Kier molecular flexibility index (Phi) is 4.50. The van der Waals surface area contributed by atoms with Crippen LogP contribution in [0.5, 0.6) is 0 Å². The van der Waals surface area contributed by atoms with E-state index in [-0.39, 0.29) is 0 Å². The van der Waals surface area contributed by atoms with Crippen molar-refractivity contribution in [2.75, 3.05) is 5.32 Å². The van der Waals surface area contributed by atoms with E-state index in [1.54, 1.807) is 11.6 Å². The highest BCUT2D eigenvalue weighted by molar-refractivity contribution is 7.15. The fraction of sp³-hybridized carbons (Fsp3) is 0.312. The van der Waals surface area contributed by atoms with E-state index in [9.17, 15) is 5.11 Å². The SMILES string of the molecule is Cc1csc(C(C)(O)c2nnc(Nc3ccn(Cc4cc(C)on4)n3)s2)n1. The van der Waals surface area contributed by atoms with Gasteiger partial charge in [0.15, 0.2) is 16.4 Å². The lowest BCUT2D eigenvalue weighted by atomic mass is 10.1. The van der Waals surface area contributed by atoms with Crippen LogP contribution < -0.4 is 5.32 Å². The van der Waals surface area contributed by atoms with E-state index >= 15 is 0 Å². The Morgan fingerprint density at radius 1 is 1.30 bits per heavy atom. The molecule has 0 saturated carbocycles. The lowest BCUT2D eigenvalue weighted by Crippen LogP contribution is -2.22. The molecule has 1 unspecified atom stereocenters. The highest BCUT2D eigenvalue weighted by atomic mass is 32.1. The molecule has 2 N–H and O–H groups in total. The Labute approximate surface area is 162 Å². The molecule has 140 valence electrons. The van der Waals surface area contributed by atoms with Gasteiger partial charge in [0.05, 0.1) is 6.54 Å². The van der Waals surface area contributed by atoms with Gasteiger partial charge >= 0.3 is 0 Å². The molecule has 4 aromatic heterocycles. The van der Waals surface area contributed by atoms with Gasteiger partial charge in [0, 0.05) is 29.4 Å². The number of anilines is 2. The largest absolute Gasteiger partial charge is 0.376 e. The minimum Gasteiger partial charge on any atom is -0.376 e. The molecule has 0 amide bonds. The molecule has 1 atom stereocenters. The zero-order valence-electron chi connectivity index (χ0n) is 14.9. The van der Waals surface area contributed by atoms with Crippen LogP contribution in [-0.2, 0) is 12.1 Å². The van der Waals surface area contributed by atoms with E-state index in [0.717, 1.165) is 17.1 Å². The third-order valence-corrected chi connectivity index (χ3v) is 5.97. The van der Waals surface area contributed by atoms with Gasteiger partial charge in [0.1, 0.15) is 16.5 Å². The van der Waals surface area contributed by atoms with Crippen molar-refractivity contribution in [3.63, 3.8) is 0 Å². The second-order valence-corrected chi connectivity index (χ2v) is 8.07. The Morgan fingerprint density at radius 3 is 2.85 bits per heavy atom. The number of thiazole rings is 1. The standard InChI is InChI=1S/C16H17N7O2S2/c1-9-8-26-13(17-9)16(3,24)14-19-20-15(27-14)18-12-4-5-23(21-12)7-11-6-10(2)25-22-11/h4-6,8,24H,7H2,1-3H3,(H,18,20,21). The minimum absolute atomic E-state index is 0.469. The highest BCUT2D eigenvalue weighted by Crippen LogP contribution is 2.34. The Morgan fingerprint density at radius 2 is 2.15 bits per heavy atom. The first-order valence-corrected chi connectivity index (χ1v) is 9.81. The maximum absolute atomic E-state index is 10.8. The summed E-state index contributed by atoms with van der Waals surface area (Å²) in [7, 11) is 0. The topological polar surface area (TPSA) is 115 Å². The van der Waals surface area contributed by atoms with Crippen LogP contribution in [0.3, 0.4) is 0 Å². The molecule has 4 heterocycles. The third kappa shape index (κ3) is 3.75. The molecule has 0 aromatic carbocycles. The second kappa shape index (κ2) is 6.83. The molecule has 0 spiro atoms. The van der Waals surface area contributed by atoms with Gasteiger partial charge < -0.3 is 14.9 Å². The van der Waals surface area contributed by atoms with Crippen molar-refractivity contribution < 1.29 is 9.63 Å². The first kappa shape index (κ1) is 17.8. The van der Waals surface area contributed by atoms with Crippen LogP contribution in [0.1, 0.15) is 34.1 Å². The molecular formula is C16H17N7O2S2. The molecule has 0 aliphatic rings. The molecule has 0 aliphatic carbocycles. The summed E-state index contributed by atoms with van der Waals surface area (Å²) in [5, 5.41) is 34.0. The highest BCUT2D eigenvalue weighted by Gasteiger charge is 2.33. The number of rotatable bonds is 6. The summed E-state index contributed by atoms with van der Waals surface area (Å²) in [5.74, 6) is 1.39. The number of nitrogens with zero attached hydrogens (tertiary/aromatic N) is 6. The van der Waals surface area contributed by atoms with Crippen LogP contribution >= 0.6 is 22.7 Å². The average Bonchev–Trinajstić information content (AvgIpc) is 3.38. The molecule has 4 aromatic rings. The molecule has 4 rings (SSSR count). The van der Waals surface area contributed by atoms with Crippen LogP contribution in [0.2, 0.25) is 0 Å². The summed E-state index contributed by atoms with van der Waals surface area (Å²) in [5.41, 5.74) is 0.391. The number of nitrogens with one attached hydrogen (secondary N) is 1. The van der Waals surface area contributed by atoms with Crippen molar-refractivity contribution in [2.24, 2.45) is 0 Å². The van der Waals surface area contributed by atoms with Crippen LogP contribution in [0.15, 0.2) is 28.2 Å². The van der Waals surface area contributed by atoms with E-state index in [0.29, 0.717) is 27.5 Å². The summed E-state index contributed by atoms with van der Waals surface area (Å²) < 4.78 is 6.81.